The Bertz CT molecular complexity index is 617. The van der Waals surface area contributed by atoms with Gasteiger partial charge in [-0.3, -0.25) is 14.4 Å². The minimum absolute atomic E-state index is 0.00478. The van der Waals surface area contributed by atoms with Crippen LogP contribution in [0, 0.1) is 0 Å². The zero-order chi connectivity index (χ0) is 17.7. The van der Waals surface area contributed by atoms with E-state index in [9.17, 15) is 14.4 Å². The summed E-state index contributed by atoms with van der Waals surface area (Å²) in [7, 11) is 0. The molecule has 0 radical (unpaired) electrons. The van der Waals surface area contributed by atoms with Crippen molar-refractivity contribution in [3.05, 3.63) is 35.9 Å². The maximum atomic E-state index is 12.7. The summed E-state index contributed by atoms with van der Waals surface area (Å²) in [4.78, 5) is 37.7. The van der Waals surface area contributed by atoms with Gasteiger partial charge in [0, 0.05) is 24.6 Å². The van der Waals surface area contributed by atoms with Crippen molar-refractivity contribution in [2.75, 3.05) is 6.54 Å². The highest BCUT2D eigenvalue weighted by Gasteiger charge is 2.46. The average Bonchev–Trinajstić information content (AvgIpc) is 2.96. The van der Waals surface area contributed by atoms with E-state index in [1.165, 1.54) is 0 Å². The number of nitrogens with zero attached hydrogens (tertiary/aromatic N) is 1. The van der Waals surface area contributed by atoms with Crippen LogP contribution in [0.25, 0.3) is 0 Å². The second-order valence-corrected chi connectivity index (χ2v) is 6.51. The maximum absolute atomic E-state index is 12.7. The Morgan fingerprint density at radius 2 is 1.96 bits per heavy atom. The molecule has 2 unspecified atom stereocenters. The normalized spacial score (nSPS) is 21.3. The van der Waals surface area contributed by atoms with E-state index in [0.717, 1.165) is 6.42 Å². The molecule has 2 amide bonds. The summed E-state index contributed by atoms with van der Waals surface area (Å²) < 4.78 is 0. The Hall–Kier alpha value is -2.37. The van der Waals surface area contributed by atoms with Gasteiger partial charge in [-0.05, 0) is 45.2 Å². The number of nitrogens with one attached hydrogen (secondary N) is 1. The molecule has 2 N–H and O–H groups in total. The highest BCUT2D eigenvalue weighted by atomic mass is 16.4. The number of carboxylic acids is 1. The van der Waals surface area contributed by atoms with Crippen LogP contribution in [0.3, 0.4) is 0 Å². The fourth-order valence-corrected chi connectivity index (χ4v) is 3.05. The van der Waals surface area contributed by atoms with Crippen LogP contribution < -0.4 is 5.32 Å². The van der Waals surface area contributed by atoms with Gasteiger partial charge < -0.3 is 15.3 Å². The minimum Gasteiger partial charge on any atom is -0.481 e. The van der Waals surface area contributed by atoms with Gasteiger partial charge in [-0.2, -0.15) is 0 Å². The fraction of sp³-hybridized carbons (Fsp3) is 0.500. The van der Waals surface area contributed by atoms with E-state index in [4.69, 9.17) is 5.11 Å². The molecular weight excluding hydrogens is 308 g/mol. The predicted octanol–water partition coefficient (Wildman–Crippen LogP) is 2.05. The zero-order valence-corrected chi connectivity index (χ0v) is 14.1. The molecule has 1 aliphatic rings. The summed E-state index contributed by atoms with van der Waals surface area (Å²) in [5.74, 6) is -1.25. The van der Waals surface area contributed by atoms with Crippen molar-refractivity contribution in [2.24, 2.45) is 0 Å². The molecular formula is C18H24N2O4. The monoisotopic (exact) mass is 332 g/mol. The van der Waals surface area contributed by atoms with Crippen LogP contribution in [0.5, 0.6) is 0 Å². The zero-order valence-electron chi connectivity index (χ0n) is 14.1. The minimum atomic E-state index is -0.898. The van der Waals surface area contributed by atoms with Crippen LogP contribution in [0.15, 0.2) is 30.3 Å². The lowest BCUT2D eigenvalue weighted by Gasteiger charge is -2.35. The molecule has 0 saturated carbocycles. The number of rotatable bonds is 6. The van der Waals surface area contributed by atoms with E-state index >= 15 is 0 Å². The van der Waals surface area contributed by atoms with Crippen LogP contribution in [-0.4, -0.2) is 45.9 Å². The second kappa shape index (κ2) is 7.47. The Morgan fingerprint density at radius 1 is 1.29 bits per heavy atom. The number of carboxylic acid groups (broad SMARTS) is 1. The number of carbonyl (C=O) groups excluding carboxylic acids is 2. The van der Waals surface area contributed by atoms with Gasteiger partial charge in [0.25, 0.3) is 5.91 Å². The molecule has 2 atom stereocenters. The van der Waals surface area contributed by atoms with Gasteiger partial charge in [0.05, 0.1) is 0 Å². The molecule has 1 aromatic carbocycles. The van der Waals surface area contributed by atoms with Gasteiger partial charge in [-0.25, -0.2) is 0 Å². The Morgan fingerprint density at radius 3 is 2.58 bits per heavy atom. The number of likely N-dealkylation sites (tertiary alicyclic amines) is 1. The Kier molecular flexibility index (Phi) is 5.59. The van der Waals surface area contributed by atoms with Gasteiger partial charge in [-0.1, -0.05) is 18.2 Å². The third-order valence-electron chi connectivity index (χ3n) is 4.56. The largest absolute Gasteiger partial charge is 0.481 e. The van der Waals surface area contributed by atoms with E-state index < -0.39 is 11.5 Å². The molecule has 1 fully saturated rings. The number of hydrogen-bond donors (Lipinski definition) is 2. The fourth-order valence-electron chi connectivity index (χ4n) is 3.05. The van der Waals surface area contributed by atoms with Crippen molar-refractivity contribution in [1.82, 2.24) is 10.2 Å². The van der Waals surface area contributed by atoms with Crippen molar-refractivity contribution in [3.8, 4) is 0 Å². The van der Waals surface area contributed by atoms with E-state index in [1.54, 1.807) is 43.0 Å². The smallest absolute Gasteiger partial charge is 0.303 e. The van der Waals surface area contributed by atoms with Crippen LogP contribution >= 0.6 is 0 Å². The molecule has 1 heterocycles. The summed E-state index contributed by atoms with van der Waals surface area (Å²) in [5, 5.41) is 11.6. The molecule has 2 rings (SSSR count). The van der Waals surface area contributed by atoms with Crippen LogP contribution in [-0.2, 0) is 9.59 Å². The molecule has 0 bridgehead atoms. The van der Waals surface area contributed by atoms with Crippen molar-refractivity contribution in [2.45, 2.75) is 51.1 Å². The summed E-state index contributed by atoms with van der Waals surface area (Å²) in [5.41, 5.74) is -0.331. The highest BCUT2D eigenvalue weighted by Crippen LogP contribution is 2.31. The molecule has 1 aromatic rings. The molecule has 0 aliphatic carbocycles. The first-order valence-corrected chi connectivity index (χ1v) is 8.24. The SMILES string of the molecule is CC(CCC(=O)O)NC(=O)C1(C)CCCN1C(=O)c1ccccc1. The van der Waals surface area contributed by atoms with Gasteiger partial charge in [0.1, 0.15) is 5.54 Å². The van der Waals surface area contributed by atoms with Crippen LogP contribution in [0.4, 0.5) is 0 Å². The van der Waals surface area contributed by atoms with Crippen molar-refractivity contribution in [3.63, 3.8) is 0 Å². The third kappa shape index (κ3) is 3.93. The molecule has 6 heteroatoms. The van der Waals surface area contributed by atoms with Crippen LogP contribution in [0.2, 0.25) is 0 Å². The highest BCUT2D eigenvalue weighted by molar-refractivity contribution is 5.99. The second-order valence-electron chi connectivity index (χ2n) is 6.51. The lowest BCUT2D eigenvalue weighted by atomic mass is 9.96. The summed E-state index contributed by atoms with van der Waals surface area (Å²) in [6, 6.07) is 8.68. The van der Waals surface area contributed by atoms with E-state index in [0.29, 0.717) is 24.9 Å². The lowest BCUT2D eigenvalue weighted by Crippen LogP contribution is -2.56. The quantitative estimate of drug-likeness (QED) is 0.835. The van der Waals surface area contributed by atoms with E-state index in [-0.39, 0.29) is 24.3 Å². The molecule has 130 valence electrons. The van der Waals surface area contributed by atoms with Gasteiger partial charge in [-0.15, -0.1) is 0 Å². The van der Waals surface area contributed by atoms with Crippen molar-refractivity contribution < 1.29 is 19.5 Å². The van der Waals surface area contributed by atoms with Gasteiger partial charge >= 0.3 is 5.97 Å². The average molecular weight is 332 g/mol. The van der Waals surface area contributed by atoms with Crippen molar-refractivity contribution >= 4 is 17.8 Å². The Labute approximate surface area is 141 Å². The summed E-state index contributed by atoms with van der Waals surface area (Å²) in [6.07, 6.45) is 1.74. The van der Waals surface area contributed by atoms with Crippen LogP contribution in [0.1, 0.15) is 49.9 Å². The number of hydrogen-bond acceptors (Lipinski definition) is 3. The predicted molar refractivity (Wildman–Crippen MR) is 89.6 cm³/mol. The van der Waals surface area contributed by atoms with Crippen molar-refractivity contribution in [1.29, 1.82) is 0 Å². The lowest BCUT2D eigenvalue weighted by molar-refractivity contribution is -0.137. The number of carbonyl (C=O) groups is 3. The first-order chi connectivity index (χ1) is 11.3. The molecule has 24 heavy (non-hydrogen) atoms. The first-order valence-electron chi connectivity index (χ1n) is 8.24. The first kappa shape index (κ1) is 18.0. The molecule has 0 aromatic heterocycles. The van der Waals surface area contributed by atoms with E-state index in [2.05, 4.69) is 5.32 Å². The van der Waals surface area contributed by atoms with E-state index in [1.807, 2.05) is 6.07 Å². The van der Waals surface area contributed by atoms with Gasteiger partial charge in [0.15, 0.2) is 0 Å². The Balaban J connectivity index is 2.07. The van der Waals surface area contributed by atoms with Gasteiger partial charge in [0.2, 0.25) is 5.91 Å². The summed E-state index contributed by atoms with van der Waals surface area (Å²) in [6.45, 7) is 4.10. The standard InChI is InChI=1S/C18H24N2O4/c1-13(9-10-15(21)22)19-17(24)18(2)11-6-12-20(18)16(23)14-7-4-3-5-8-14/h3-5,7-8,13H,6,9-12H2,1-2H3,(H,19,24)(H,21,22). The number of amides is 2. The number of benzene rings is 1. The maximum Gasteiger partial charge on any atom is 0.303 e. The topological polar surface area (TPSA) is 86.7 Å². The molecule has 6 nitrogen and oxygen atoms in total. The number of aliphatic carboxylic acids is 1. The summed E-state index contributed by atoms with van der Waals surface area (Å²) >= 11 is 0. The molecule has 1 aliphatic heterocycles. The third-order valence-corrected chi connectivity index (χ3v) is 4.56. The molecule has 0 spiro atoms. The molecule has 1 saturated heterocycles.